The number of carbonyl (C=O) groups excluding carboxylic acids is 1. The summed E-state index contributed by atoms with van der Waals surface area (Å²) in [7, 11) is 3.09. The van der Waals surface area contributed by atoms with Crippen molar-refractivity contribution < 1.29 is 9.53 Å². The smallest absolute Gasteiger partial charge is 0.327 e. The highest BCUT2D eigenvalue weighted by molar-refractivity contribution is 5.78. The van der Waals surface area contributed by atoms with Crippen molar-refractivity contribution in [2.75, 3.05) is 7.11 Å². The Balaban J connectivity index is 2.84. The molecule has 5 heteroatoms. The lowest BCUT2D eigenvalue weighted by Gasteiger charge is -2.00. The summed E-state index contributed by atoms with van der Waals surface area (Å²) in [5.74, 6) is -1.43. The molecule has 0 fully saturated rings. The van der Waals surface area contributed by atoms with Gasteiger partial charge in [-0.25, -0.2) is 0 Å². The number of aromatic nitrogens is 2. The zero-order chi connectivity index (χ0) is 12.1. The number of aryl methyl sites for hydroxylation is 1. The van der Waals surface area contributed by atoms with Gasteiger partial charge >= 0.3 is 5.97 Å². The van der Waals surface area contributed by atoms with Gasteiger partial charge in [0.05, 0.1) is 19.4 Å². The van der Waals surface area contributed by atoms with Gasteiger partial charge in [-0.2, -0.15) is 10.4 Å². The average molecular weight is 219 g/mol. The van der Waals surface area contributed by atoms with Crippen molar-refractivity contribution in [2.45, 2.75) is 6.92 Å². The molecule has 0 aliphatic carbocycles. The van der Waals surface area contributed by atoms with Crippen LogP contribution in [-0.4, -0.2) is 22.9 Å². The van der Waals surface area contributed by atoms with E-state index < -0.39 is 11.9 Å². The molecule has 0 amide bonds. The Hall–Kier alpha value is -2.09. The van der Waals surface area contributed by atoms with Crippen molar-refractivity contribution in [1.82, 2.24) is 9.78 Å². The fraction of sp³-hybridized carbons (Fsp3) is 0.364. The van der Waals surface area contributed by atoms with Gasteiger partial charge in [-0.1, -0.05) is 12.2 Å². The monoisotopic (exact) mass is 219 g/mol. The molecule has 5 nitrogen and oxygen atoms in total. The van der Waals surface area contributed by atoms with Gasteiger partial charge in [0.1, 0.15) is 0 Å². The molecule has 0 bridgehead atoms. The van der Waals surface area contributed by atoms with Crippen molar-refractivity contribution in [3.05, 3.63) is 23.5 Å². The van der Waals surface area contributed by atoms with Crippen LogP contribution in [-0.2, 0) is 16.6 Å². The summed E-state index contributed by atoms with van der Waals surface area (Å²) in [6, 6.07) is 1.86. The minimum Gasteiger partial charge on any atom is -0.468 e. The third-order valence-electron chi connectivity index (χ3n) is 2.34. The minimum atomic E-state index is -0.871. The fourth-order valence-electron chi connectivity index (χ4n) is 1.18. The molecule has 1 unspecified atom stereocenters. The van der Waals surface area contributed by atoms with Crippen LogP contribution in [0.25, 0.3) is 6.08 Å². The summed E-state index contributed by atoms with van der Waals surface area (Å²) in [5, 5.41) is 12.8. The first-order valence-corrected chi connectivity index (χ1v) is 4.74. The first-order valence-electron chi connectivity index (χ1n) is 4.74. The number of nitrogens with zero attached hydrogens (tertiary/aromatic N) is 3. The number of hydrogen-bond donors (Lipinski definition) is 0. The van der Waals surface area contributed by atoms with Crippen LogP contribution in [0.1, 0.15) is 11.3 Å². The van der Waals surface area contributed by atoms with E-state index in [4.69, 9.17) is 5.26 Å². The normalized spacial score (nSPS) is 12.4. The maximum atomic E-state index is 11.1. The van der Waals surface area contributed by atoms with Crippen LogP contribution in [0.5, 0.6) is 0 Å². The van der Waals surface area contributed by atoms with Gasteiger partial charge in [-0.15, -0.1) is 0 Å². The van der Waals surface area contributed by atoms with Crippen LogP contribution in [0.2, 0.25) is 0 Å². The predicted octanol–water partition coefficient (Wildman–Crippen LogP) is 1.05. The van der Waals surface area contributed by atoms with Crippen molar-refractivity contribution in [3.63, 3.8) is 0 Å². The van der Waals surface area contributed by atoms with E-state index in [9.17, 15) is 4.79 Å². The number of ether oxygens (including phenoxy) is 1. The second-order valence-corrected chi connectivity index (χ2v) is 3.30. The van der Waals surface area contributed by atoms with Gasteiger partial charge < -0.3 is 4.74 Å². The second kappa shape index (κ2) is 5.12. The molecule has 0 aromatic carbocycles. The summed E-state index contributed by atoms with van der Waals surface area (Å²) in [6.45, 7) is 1.91. The quantitative estimate of drug-likeness (QED) is 0.713. The Bertz CT molecular complexity index is 454. The molecule has 0 aliphatic rings. The van der Waals surface area contributed by atoms with Gasteiger partial charge in [0, 0.05) is 18.3 Å². The predicted molar refractivity (Wildman–Crippen MR) is 58.1 cm³/mol. The van der Waals surface area contributed by atoms with Crippen LogP contribution >= 0.6 is 0 Å². The lowest BCUT2D eigenvalue weighted by Crippen LogP contribution is -2.11. The van der Waals surface area contributed by atoms with E-state index in [0.717, 1.165) is 11.3 Å². The molecule has 0 aliphatic heterocycles. The lowest BCUT2D eigenvalue weighted by molar-refractivity contribution is -0.142. The van der Waals surface area contributed by atoms with Crippen LogP contribution in [0.3, 0.4) is 0 Å². The first kappa shape index (κ1) is 12.0. The first-order chi connectivity index (χ1) is 7.60. The maximum Gasteiger partial charge on any atom is 0.327 e. The van der Waals surface area contributed by atoms with E-state index >= 15 is 0 Å². The summed E-state index contributed by atoms with van der Waals surface area (Å²) in [6.07, 6.45) is 4.89. The Labute approximate surface area is 93.9 Å². The van der Waals surface area contributed by atoms with E-state index in [1.165, 1.54) is 13.2 Å². The molecule has 1 atom stereocenters. The van der Waals surface area contributed by atoms with Gasteiger partial charge in [-0.3, -0.25) is 9.48 Å². The van der Waals surface area contributed by atoms with Crippen LogP contribution in [0.15, 0.2) is 12.3 Å². The van der Waals surface area contributed by atoms with Gasteiger partial charge in [0.2, 0.25) is 0 Å². The molecule has 0 saturated carbocycles. The zero-order valence-corrected chi connectivity index (χ0v) is 9.47. The van der Waals surface area contributed by atoms with Gasteiger partial charge in [0.25, 0.3) is 0 Å². The van der Waals surface area contributed by atoms with Crippen molar-refractivity contribution in [3.8, 4) is 6.07 Å². The highest BCUT2D eigenvalue weighted by Crippen LogP contribution is 2.10. The molecular formula is C11H13N3O2. The molecular weight excluding hydrogens is 206 g/mol. The summed E-state index contributed by atoms with van der Waals surface area (Å²) in [4.78, 5) is 11.1. The van der Waals surface area contributed by atoms with Gasteiger partial charge in [0.15, 0.2) is 5.92 Å². The van der Waals surface area contributed by atoms with E-state index in [0.29, 0.717) is 0 Å². The molecule has 1 aromatic heterocycles. The largest absolute Gasteiger partial charge is 0.468 e. The topological polar surface area (TPSA) is 67.9 Å². The number of rotatable bonds is 3. The average Bonchev–Trinajstić information content (AvgIpc) is 2.61. The van der Waals surface area contributed by atoms with E-state index in [1.54, 1.807) is 17.0 Å². The molecule has 0 saturated heterocycles. The van der Waals surface area contributed by atoms with Crippen LogP contribution < -0.4 is 0 Å². The molecule has 1 heterocycles. The Morgan fingerprint density at radius 1 is 1.75 bits per heavy atom. The SMILES string of the molecule is COC(=O)C(C#N)/C=C\c1cnn(C)c1C. The zero-order valence-electron chi connectivity index (χ0n) is 9.47. The number of carbonyl (C=O) groups is 1. The molecule has 0 radical (unpaired) electrons. The van der Waals surface area contributed by atoms with Crippen LogP contribution in [0, 0.1) is 24.2 Å². The molecule has 16 heavy (non-hydrogen) atoms. The molecule has 0 spiro atoms. The van der Waals surface area contributed by atoms with E-state index in [2.05, 4.69) is 9.84 Å². The fourth-order valence-corrected chi connectivity index (χ4v) is 1.18. The number of esters is 1. The number of methoxy groups -OCH3 is 1. The van der Waals surface area contributed by atoms with Crippen molar-refractivity contribution in [2.24, 2.45) is 13.0 Å². The molecule has 84 valence electrons. The molecule has 1 aromatic rings. The van der Waals surface area contributed by atoms with Gasteiger partial charge in [-0.05, 0) is 6.92 Å². The Morgan fingerprint density at radius 3 is 2.88 bits per heavy atom. The third kappa shape index (κ3) is 2.48. The molecule has 1 rings (SSSR count). The Kier molecular flexibility index (Phi) is 3.84. The second-order valence-electron chi connectivity index (χ2n) is 3.30. The Morgan fingerprint density at radius 2 is 2.44 bits per heavy atom. The minimum absolute atomic E-state index is 0.555. The maximum absolute atomic E-state index is 11.1. The standard InChI is InChI=1S/C11H13N3O2/c1-8-10(7-13-14(8)2)5-4-9(6-12)11(15)16-3/h4-5,7,9H,1-3H3/b5-4-. The van der Waals surface area contributed by atoms with Crippen molar-refractivity contribution >= 4 is 12.0 Å². The summed E-state index contributed by atoms with van der Waals surface area (Å²) >= 11 is 0. The summed E-state index contributed by atoms with van der Waals surface area (Å²) in [5.41, 5.74) is 1.85. The van der Waals surface area contributed by atoms with Crippen molar-refractivity contribution in [1.29, 1.82) is 5.26 Å². The van der Waals surface area contributed by atoms with Crippen LogP contribution in [0.4, 0.5) is 0 Å². The highest BCUT2D eigenvalue weighted by Gasteiger charge is 2.14. The number of hydrogen-bond acceptors (Lipinski definition) is 4. The number of nitriles is 1. The third-order valence-corrected chi connectivity index (χ3v) is 2.34. The van der Waals surface area contributed by atoms with E-state index in [-0.39, 0.29) is 0 Å². The highest BCUT2D eigenvalue weighted by atomic mass is 16.5. The lowest BCUT2D eigenvalue weighted by atomic mass is 10.1. The van der Waals surface area contributed by atoms with E-state index in [1.807, 2.05) is 20.0 Å². The summed E-state index contributed by atoms with van der Waals surface area (Å²) < 4.78 is 6.22. The molecule has 0 N–H and O–H groups in total.